The van der Waals surface area contributed by atoms with Crippen molar-refractivity contribution in [2.24, 2.45) is 0 Å². The second-order valence-corrected chi connectivity index (χ2v) is 6.35. The molecule has 1 unspecified atom stereocenters. The zero-order chi connectivity index (χ0) is 14.5. The molecule has 1 aromatic rings. The second kappa shape index (κ2) is 7.24. The lowest BCUT2D eigenvalue weighted by molar-refractivity contribution is 0.219. The predicted octanol–water partition coefficient (Wildman–Crippen LogP) is 3.83. The Hall–Kier alpha value is -0.860. The van der Waals surface area contributed by atoms with Gasteiger partial charge >= 0.3 is 0 Å². The first-order valence-corrected chi connectivity index (χ1v) is 8.12. The predicted molar refractivity (Wildman–Crippen MR) is 87.2 cm³/mol. The number of hydrogen-bond donors (Lipinski definition) is 1. The summed E-state index contributed by atoms with van der Waals surface area (Å²) in [5.74, 6) is 0. The molecule has 1 N–H and O–H groups in total. The number of nitrogens with one attached hydrogen (secondary N) is 1. The zero-order valence-electron chi connectivity index (χ0n) is 13.6. The summed E-state index contributed by atoms with van der Waals surface area (Å²) in [6.45, 7) is 8.75. The van der Waals surface area contributed by atoms with Crippen LogP contribution in [-0.4, -0.2) is 31.1 Å². The second-order valence-electron chi connectivity index (χ2n) is 6.35. The largest absolute Gasteiger partial charge is 0.309 e. The third-order valence-electron chi connectivity index (χ3n) is 4.67. The molecular weight excluding hydrogens is 244 g/mol. The van der Waals surface area contributed by atoms with E-state index in [9.17, 15) is 0 Å². The fourth-order valence-corrected chi connectivity index (χ4v) is 3.52. The maximum absolute atomic E-state index is 3.67. The number of aryl methyl sites for hydroxylation is 2. The zero-order valence-corrected chi connectivity index (χ0v) is 13.6. The highest BCUT2D eigenvalue weighted by atomic mass is 15.2. The molecule has 0 saturated heterocycles. The van der Waals surface area contributed by atoms with Crippen molar-refractivity contribution in [1.82, 2.24) is 10.2 Å². The third-order valence-corrected chi connectivity index (χ3v) is 4.67. The van der Waals surface area contributed by atoms with Crippen LogP contribution in [0.3, 0.4) is 0 Å². The Bertz CT molecular complexity index is 421. The fourth-order valence-electron chi connectivity index (χ4n) is 3.52. The van der Waals surface area contributed by atoms with E-state index in [4.69, 9.17) is 0 Å². The molecule has 0 heterocycles. The van der Waals surface area contributed by atoms with Gasteiger partial charge in [0, 0.05) is 18.6 Å². The van der Waals surface area contributed by atoms with Gasteiger partial charge in [-0.25, -0.2) is 0 Å². The molecule has 1 saturated carbocycles. The van der Waals surface area contributed by atoms with E-state index in [1.807, 2.05) is 0 Å². The minimum atomic E-state index is 0.450. The Balaban J connectivity index is 2.09. The maximum Gasteiger partial charge on any atom is 0.0451 e. The Morgan fingerprint density at radius 2 is 1.95 bits per heavy atom. The molecule has 0 amide bonds. The van der Waals surface area contributed by atoms with Crippen molar-refractivity contribution in [1.29, 1.82) is 0 Å². The van der Waals surface area contributed by atoms with Gasteiger partial charge in [0.05, 0.1) is 0 Å². The molecule has 112 valence electrons. The normalized spacial score (nSPS) is 17.9. The molecular formula is C18H30N2. The number of hydrogen-bond acceptors (Lipinski definition) is 2. The van der Waals surface area contributed by atoms with Crippen molar-refractivity contribution in [3.63, 3.8) is 0 Å². The summed E-state index contributed by atoms with van der Waals surface area (Å²) in [5.41, 5.74) is 4.23. The molecule has 2 rings (SSSR count). The maximum atomic E-state index is 3.67. The Labute approximate surface area is 124 Å². The molecule has 1 aromatic carbocycles. The van der Waals surface area contributed by atoms with E-state index in [1.165, 1.54) is 42.4 Å². The van der Waals surface area contributed by atoms with Crippen LogP contribution in [0.4, 0.5) is 0 Å². The first-order valence-electron chi connectivity index (χ1n) is 8.12. The van der Waals surface area contributed by atoms with Crippen molar-refractivity contribution in [2.45, 2.75) is 58.5 Å². The van der Waals surface area contributed by atoms with Gasteiger partial charge in [-0.15, -0.1) is 0 Å². The van der Waals surface area contributed by atoms with E-state index in [1.54, 1.807) is 0 Å². The lowest BCUT2D eigenvalue weighted by Crippen LogP contribution is -2.38. The first-order chi connectivity index (χ1) is 9.61. The molecule has 20 heavy (non-hydrogen) atoms. The summed E-state index contributed by atoms with van der Waals surface area (Å²) < 4.78 is 0. The van der Waals surface area contributed by atoms with Gasteiger partial charge in [-0.1, -0.05) is 43.5 Å². The Kier molecular flexibility index (Phi) is 5.62. The minimum Gasteiger partial charge on any atom is -0.309 e. The van der Waals surface area contributed by atoms with Crippen molar-refractivity contribution >= 4 is 0 Å². The van der Waals surface area contributed by atoms with Crippen molar-refractivity contribution in [3.05, 3.63) is 34.9 Å². The summed E-state index contributed by atoms with van der Waals surface area (Å²) in [5, 5.41) is 3.67. The van der Waals surface area contributed by atoms with E-state index in [0.29, 0.717) is 6.04 Å². The number of nitrogens with zero attached hydrogens (tertiary/aromatic N) is 1. The summed E-state index contributed by atoms with van der Waals surface area (Å²) in [6, 6.07) is 8.09. The van der Waals surface area contributed by atoms with Gasteiger partial charge in [-0.05, 0) is 51.4 Å². The molecule has 0 bridgehead atoms. The van der Waals surface area contributed by atoms with Gasteiger partial charge in [0.15, 0.2) is 0 Å². The van der Waals surface area contributed by atoms with Crippen LogP contribution in [-0.2, 0) is 0 Å². The van der Waals surface area contributed by atoms with Gasteiger partial charge in [0.25, 0.3) is 0 Å². The molecule has 2 nitrogen and oxygen atoms in total. The fraction of sp³-hybridized carbons (Fsp3) is 0.667. The average Bonchev–Trinajstić information content (AvgIpc) is 2.92. The van der Waals surface area contributed by atoms with Crippen molar-refractivity contribution < 1.29 is 0 Å². The Morgan fingerprint density at radius 1 is 1.25 bits per heavy atom. The van der Waals surface area contributed by atoms with E-state index < -0.39 is 0 Å². The quantitative estimate of drug-likeness (QED) is 0.848. The van der Waals surface area contributed by atoms with Gasteiger partial charge in [0.1, 0.15) is 0 Å². The molecule has 2 heteroatoms. The van der Waals surface area contributed by atoms with Crippen molar-refractivity contribution in [3.8, 4) is 0 Å². The van der Waals surface area contributed by atoms with Crippen LogP contribution < -0.4 is 5.32 Å². The molecule has 0 spiro atoms. The number of rotatable bonds is 6. The van der Waals surface area contributed by atoms with Crippen LogP contribution in [0.5, 0.6) is 0 Å². The molecule has 1 fully saturated rings. The lowest BCUT2D eigenvalue weighted by atomic mass is 9.98. The summed E-state index contributed by atoms with van der Waals surface area (Å²) >= 11 is 0. The topological polar surface area (TPSA) is 15.3 Å². The Morgan fingerprint density at radius 3 is 2.55 bits per heavy atom. The molecule has 0 aromatic heterocycles. The van der Waals surface area contributed by atoms with E-state index in [-0.39, 0.29) is 0 Å². The highest BCUT2D eigenvalue weighted by Crippen LogP contribution is 2.25. The van der Waals surface area contributed by atoms with Crippen LogP contribution in [0.1, 0.15) is 55.3 Å². The summed E-state index contributed by atoms with van der Waals surface area (Å²) in [6.07, 6.45) is 5.57. The minimum absolute atomic E-state index is 0.450. The smallest absolute Gasteiger partial charge is 0.0451 e. The van der Waals surface area contributed by atoms with Crippen LogP contribution in [0.2, 0.25) is 0 Å². The lowest BCUT2D eigenvalue weighted by Gasteiger charge is -2.30. The molecule has 1 aliphatic carbocycles. The van der Waals surface area contributed by atoms with Crippen molar-refractivity contribution in [2.75, 3.05) is 20.1 Å². The van der Waals surface area contributed by atoms with E-state index >= 15 is 0 Å². The monoisotopic (exact) mass is 274 g/mol. The molecule has 1 aliphatic rings. The highest BCUT2D eigenvalue weighted by Gasteiger charge is 2.23. The SMILES string of the molecule is CCNC(CN(C)C1CCCC1)c1ccc(C)cc1C. The standard InChI is InChI=1S/C18H30N2/c1-5-19-18(13-20(4)16-8-6-7-9-16)17-11-10-14(2)12-15(17)3/h10-12,16,18-19H,5-9,13H2,1-4H3. The van der Waals surface area contributed by atoms with Gasteiger partial charge in [0.2, 0.25) is 0 Å². The number of benzene rings is 1. The molecule has 0 aliphatic heterocycles. The van der Waals surface area contributed by atoms with Crippen LogP contribution in [0.25, 0.3) is 0 Å². The summed E-state index contributed by atoms with van der Waals surface area (Å²) in [4.78, 5) is 2.57. The van der Waals surface area contributed by atoms with Gasteiger partial charge < -0.3 is 10.2 Å². The summed E-state index contributed by atoms with van der Waals surface area (Å²) in [7, 11) is 2.30. The number of likely N-dealkylation sites (N-methyl/N-ethyl adjacent to an activating group) is 2. The van der Waals surface area contributed by atoms with Gasteiger partial charge in [-0.2, -0.15) is 0 Å². The molecule has 1 atom stereocenters. The highest BCUT2D eigenvalue weighted by molar-refractivity contribution is 5.33. The third kappa shape index (κ3) is 3.83. The van der Waals surface area contributed by atoms with Crippen LogP contribution in [0, 0.1) is 13.8 Å². The average molecular weight is 274 g/mol. The first kappa shape index (κ1) is 15.5. The van der Waals surface area contributed by atoms with E-state index in [0.717, 1.165) is 19.1 Å². The van der Waals surface area contributed by atoms with E-state index in [2.05, 4.69) is 56.2 Å². The van der Waals surface area contributed by atoms with Crippen LogP contribution >= 0.6 is 0 Å². The van der Waals surface area contributed by atoms with Crippen LogP contribution in [0.15, 0.2) is 18.2 Å². The van der Waals surface area contributed by atoms with Gasteiger partial charge in [-0.3, -0.25) is 0 Å². The molecule has 0 radical (unpaired) electrons.